The molecule has 8 nitrogen and oxygen atoms in total. The number of para-hydroxylation sites is 1. The van der Waals surface area contributed by atoms with E-state index >= 15 is 0 Å². The largest absolute Gasteiger partial charge is 0.488 e. The summed E-state index contributed by atoms with van der Waals surface area (Å²) in [4.78, 5) is 25.6. The number of carbonyl (C=O) groups excluding carboxylic acids is 1. The molecule has 10 heteroatoms. The normalized spacial score (nSPS) is 19.1. The van der Waals surface area contributed by atoms with Gasteiger partial charge < -0.3 is 15.2 Å². The Bertz CT molecular complexity index is 1500. The van der Waals surface area contributed by atoms with Crippen LogP contribution in [0.25, 0.3) is 0 Å². The molecule has 0 aliphatic carbocycles. The summed E-state index contributed by atoms with van der Waals surface area (Å²) >= 11 is 1.32. The van der Waals surface area contributed by atoms with Crippen LogP contribution in [-0.2, 0) is 27.9 Å². The molecule has 3 aromatic rings. The van der Waals surface area contributed by atoms with E-state index in [1.807, 2.05) is 38.1 Å². The average Bonchev–Trinajstić information content (AvgIpc) is 3.42. The van der Waals surface area contributed by atoms with Crippen LogP contribution in [-0.4, -0.2) is 42.4 Å². The van der Waals surface area contributed by atoms with E-state index in [9.17, 15) is 23.1 Å². The van der Waals surface area contributed by atoms with Crippen LogP contribution in [0.3, 0.4) is 0 Å². The van der Waals surface area contributed by atoms with Gasteiger partial charge in [0.2, 0.25) is 10.0 Å². The van der Waals surface area contributed by atoms with Gasteiger partial charge in [0, 0.05) is 23.9 Å². The standard InChI is InChI=1S/C28H30N2O6S2/c1-3-6-21-16-30(38(34,35)25-8-5-4-7-23(25)36-21)15-20-11-18(10-9-17(20)2)22(13-26(31)32)24-12-19-14-29-28(33)27(19)37-24/h4-5,7-12,21-22H,3,6,13-16H2,1-2H3,(H,29,33)(H,31,32)/t21-,22?/m1/s1. The van der Waals surface area contributed by atoms with Gasteiger partial charge in [0.15, 0.2) is 0 Å². The Kier molecular flexibility index (Phi) is 7.30. The number of aryl methyl sites for hydroxylation is 1. The van der Waals surface area contributed by atoms with Crippen LogP contribution in [0.15, 0.2) is 53.4 Å². The number of hydrogen-bond donors (Lipinski definition) is 2. The van der Waals surface area contributed by atoms with Crippen molar-refractivity contribution < 1.29 is 27.9 Å². The highest BCUT2D eigenvalue weighted by Crippen LogP contribution is 2.38. The summed E-state index contributed by atoms with van der Waals surface area (Å²) < 4.78 is 35.0. The zero-order chi connectivity index (χ0) is 27.0. The van der Waals surface area contributed by atoms with Crippen molar-refractivity contribution >= 4 is 33.2 Å². The number of ether oxygens (including phenoxy) is 1. The Morgan fingerprint density at radius 1 is 1.24 bits per heavy atom. The molecular formula is C28H30N2O6S2. The third-order valence-corrected chi connectivity index (χ3v) is 10.2. The highest BCUT2D eigenvalue weighted by Gasteiger charge is 2.35. The number of hydrogen-bond acceptors (Lipinski definition) is 6. The summed E-state index contributed by atoms with van der Waals surface area (Å²) in [7, 11) is -3.82. The van der Waals surface area contributed by atoms with Crippen molar-refractivity contribution in [2.45, 2.75) is 63.1 Å². The first-order valence-electron chi connectivity index (χ1n) is 12.6. The zero-order valence-corrected chi connectivity index (χ0v) is 22.9. The van der Waals surface area contributed by atoms with Crippen molar-refractivity contribution in [3.63, 3.8) is 0 Å². The monoisotopic (exact) mass is 554 g/mol. The summed E-state index contributed by atoms with van der Waals surface area (Å²) in [6.07, 6.45) is 1.16. The van der Waals surface area contributed by atoms with E-state index in [0.29, 0.717) is 17.2 Å². The minimum Gasteiger partial charge on any atom is -0.488 e. The number of amides is 1. The molecule has 3 heterocycles. The summed E-state index contributed by atoms with van der Waals surface area (Å²) in [5.74, 6) is -1.16. The minimum atomic E-state index is -3.82. The van der Waals surface area contributed by atoms with Crippen molar-refractivity contribution in [2.24, 2.45) is 0 Å². The van der Waals surface area contributed by atoms with E-state index in [2.05, 4.69) is 5.32 Å². The molecule has 5 rings (SSSR count). The number of fused-ring (bicyclic) bond motifs is 2. The number of nitrogens with one attached hydrogen (secondary N) is 1. The highest BCUT2D eigenvalue weighted by atomic mass is 32.2. The lowest BCUT2D eigenvalue weighted by molar-refractivity contribution is -0.137. The number of carboxylic acid groups (broad SMARTS) is 1. The lowest BCUT2D eigenvalue weighted by atomic mass is 9.91. The first-order chi connectivity index (χ1) is 18.2. The van der Waals surface area contributed by atoms with Crippen molar-refractivity contribution in [3.05, 3.63) is 80.5 Å². The molecule has 0 spiro atoms. The van der Waals surface area contributed by atoms with Crippen molar-refractivity contribution in [2.75, 3.05) is 6.54 Å². The van der Waals surface area contributed by atoms with Crippen molar-refractivity contribution in [1.29, 1.82) is 0 Å². The van der Waals surface area contributed by atoms with E-state index < -0.39 is 21.9 Å². The van der Waals surface area contributed by atoms with Crippen LogP contribution in [0.1, 0.15) is 68.9 Å². The Morgan fingerprint density at radius 2 is 2.03 bits per heavy atom. The lowest BCUT2D eigenvalue weighted by Crippen LogP contribution is -2.36. The molecule has 2 aromatic carbocycles. The Hall–Kier alpha value is -3.21. The molecule has 1 unspecified atom stereocenters. The lowest BCUT2D eigenvalue weighted by Gasteiger charge is -2.24. The maximum Gasteiger partial charge on any atom is 0.304 e. The number of nitrogens with zero attached hydrogens (tertiary/aromatic N) is 1. The van der Waals surface area contributed by atoms with Gasteiger partial charge in [0.25, 0.3) is 5.91 Å². The van der Waals surface area contributed by atoms with Gasteiger partial charge in [-0.15, -0.1) is 11.3 Å². The third kappa shape index (κ3) is 5.08. The molecule has 0 saturated heterocycles. The van der Waals surface area contributed by atoms with E-state index in [0.717, 1.165) is 40.0 Å². The van der Waals surface area contributed by atoms with E-state index in [1.165, 1.54) is 15.6 Å². The molecule has 200 valence electrons. The molecule has 2 N–H and O–H groups in total. The fourth-order valence-electron chi connectivity index (χ4n) is 5.09. The van der Waals surface area contributed by atoms with Crippen LogP contribution in [0.5, 0.6) is 5.75 Å². The molecule has 2 aliphatic heterocycles. The van der Waals surface area contributed by atoms with Gasteiger partial charge in [0.1, 0.15) is 16.7 Å². The Morgan fingerprint density at radius 3 is 2.76 bits per heavy atom. The molecule has 0 bridgehead atoms. The smallest absolute Gasteiger partial charge is 0.304 e. The number of carbonyl (C=O) groups is 2. The van der Waals surface area contributed by atoms with Gasteiger partial charge in [0.05, 0.1) is 17.8 Å². The molecule has 1 aromatic heterocycles. The van der Waals surface area contributed by atoms with Crippen LogP contribution in [0.2, 0.25) is 0 Å². The van der Waals surface area contributed by atoms with E-state index in [1.54, 1.807) is 24.3 Å². The summed E-state index contributed by atoms with van der Waals surface area (Å²) in [5.41, 5.74) is 3.38. The first-order valence-corrected chi connectivity index (χ1v) is 14.9. The Labute approximate surface area is 226 Å². The number of sulfonamides is 1. The van der Waals surface area contributed by atoms with Gasteiger partial charge in [-0.3, -0.25) is 9.59 Å². The second-order valence-electron chi connectivity index (χ2n) is 9.80. The maximum absolute atomic E-state index is 13.7. The third-order valence-electron chi connectivity index (χ3n) is 7.10. The van der Waals surface area contributed by atoms with Gasteiger partial charge in [-0.25, -0.2) is 8.42 Å². The summed E-state index contributed by atoms with van der Waals surface area (Å²) in [5, 5.41) is 12.5. The second-order valence-corrected chi connectivity index (χ2v) is 12.8. The minimum absolute atomic E-state index is 0.134. The Balaban J connectivity index is 1.51. The maximum atomic E-state index is 13.7. The average molecular weight is 555 g/mol. The molecule has 2 aliphatic rings. The number of rotatable bonds is 8. The van der Waals surface area contributed by atoms with Gasteiger partial charge in [-0.2, -0.15) is 4.31 Å². The molecule has 0 fully saturated rings. The first kappa shape index (κ1) is 26.4. The quantitative estimate of drug-likeness (QED) is 0.419. The molecule has 0 saturated carbocycles. The fourth-order valence-corrected chi connectivity index (χ4v) is 7.89. The molecule has 0 radical (unpaired) electrons. The number of thiophene rings is 1. The van der Waals surface area contributed by atoms with Crippen LogP contribution in [0.4, 0.5) is 0 Å². The van der Waals surface area contributed by atoms with Crippen molar-refractivity contribution in [3.8, 4) is 5.75 Å². The van der Waals surface area contributed by atoms with Crippen LogP contribution < -0.4 is 10.1 Å². The number of benzene rings is 2. The fraction of sp³-hybridized carbons (Fsp3) is 0.357. The number of aliphatic carboxylic acids is 1. The van der Waals surface area contributed by atoms with Gasteiger partial charge in [-0.05, 0) is 53.8 Å². The second kappa shape index (κ2) is 10.5. The topological polar surface area (TPSA) is 113 Å². The summed E-state index contributed by atoms with van der Waals surface area (Å²) in [6, 6.07) is 14.4. The van der Waals surface area contributed by atoms with Gasteiger partial charge >= 0.3 is 5.97 Å². The number of carboxylic acids is 1. The zero-order valence-electron chi connectivity index (χ0n) is 21.3. The van der Waals surface area contributed by atoms with E-state index in [4.69, 9.17) is 4.74 Å². The molecular weight excluding hydrogens is 524 g/mol. The molecule has 2 atom stereocenters. The SMILES string of the molecule is CCC[C@@H]1CN(Cc2cc(C(CC(=O)O)c3cc4c(s3)C(=O)NC4)ccc2C)S(=O)(=O)c2ccccc2O1. The predicted molar refractivity (Wildman–Crippen MR) is 144 cm³/mol. The van der Waals surface area contributed by atoms with Gasteiger partial charge in [-0.1, -0.05) is 43.7 Å². The highest BCUT2D eigenvalue weighted by molar-refractivity contribution is 7.89. The predicted octanol–water partition coefficient (Wildman–Crippen LogP) is 4.66. The molecule has 38 heavy (non-hydrogen) atoms. The van der Waals surface area contributed by atoms with Crippen LogP contribution >= 0.6 is 11.3 Å². The van der Waals surface area contributed by atoms with E-state index in [-0.39, 0.29) is 36.4 Å². The summed E-state index contributed by atoms with van der Waals surface area (Å²) in [6.45, 7) is 4.77. The molecule has 1 amide bonds. The van der Waals surface area contributed by atoms with Crippen molar-refractivity contribution in [1.82, 2.24) is 9.62 Å². The van der Waals surface area contributed by atoms with Crippen LogP contribution in [0, 0.1) is 6.92 Å².